The lowest BCUT2D eigenvalue weighted by atomic mass is 9.83. The van der Waals surface area contributed by atoms with Crippen LogP contribution in [-0.4, -0.2) is 19.0 Å². The average molecular weight is 409 g/mol. The second-order valence-electron chi connectivity index (χ2n) is 8.81. The summed E-state index contributed by atoms with van der Waals surface area (Å²) in [4.78, 5) is 0. The van der Waals surface area contributed by atoms with E-state index in [0.29, 0.717) is 19.1 Å². The molecule has 0 radical (unpaired) electrons. The molecule has 30 heavy (non-hydrogen) atoms. The Bertz CT molecular complexity index is 789. The van der Waals surface area contributed by atoms with E-state index in [-0.39, 0.29) is 0 Å². The van der Waals surface area contributed by atoms with Crippen LogP contribution in [0.3, 0.4) is 0 Å². The van der Waals surface area contributed by atoms with Crippen LogP contribution in [0.1, 0.15) is 95.2 Å². The zero-order chi connectivity index (χ0) is 21.4. The predicted molar refractivity (Wildman–Crippen MR) is 127 cm³/mol. The average Bonchev–Trinajstić information content (AvgIpc) is 3.12. The largest absolute Gasteiger partial charge is 0.350 e. The highest BCUT2D eigenvalue weighted by Gasteiger charge is 2.32. The van der Waals surface area contributed by atoms with E-state index >= 15 is 0 Å². The fraction of sp³-hybridized carbons (Fsp3) is 0.571. The van der Waals surface area contributed by atoms with Crippen LogP contribution in [0.2, 0.25) is 0 Å². The quantitative estimate of drug-likeness (QED) is 0.211. The number of hydrogen-bond acceptors (Lipinski definition) is 2. The van der Waals surface area contributed by atoms with Gasteiger partial charge in [0.2, 0.25) is 0 Å². The first kappa shape index (κ1) is 23.0. The summed E-state index contributed by atoms with van der Waals surface area (Å²) in [7, 11) is 0. The van der Waals surface area contributed by atoms with Gasteiger partial charge in [0.15, 0.2) is 5.79 Å². The van der Waals surface area contributed by atoms with E-state index in [1.165, 1.54) is 66.3 Å². The first-order chi connectivity index (χ1) is 14.6. The fourth-order valence-electron chi connectivity index (χ4n) is 5.14. The molecule has 3 rings (SSSR count). The molecular weight excluding hydrogens is 368 g/mol. The van der Waals surface area contributed by atoms with Crippen molar-refractivity contribution in [2.24, 2.45) is 0 Å². The Hall–Kier alpha value is -1.64. The molecule has 0 bridgehead atoms. The third-order valence-corrected chi connectivity index (χ3v) is 6.50. The highest BCUT2D eigenvalue weighted by atomic mass is 16.7. The van der Waals surface area contributed by atoms with Gasteiger partial charge in [0.1, 0.15) is 0 Å². The van der Waals surface area contributed by atoms with E-state index in [1.807, 2.05) is 0 Å². The van der Waals surface area contributed by atoms with Gasteiger partial charge < -0.3 is 9.47 Å². The Labute approximate surface area is 184 Å². The third kappa shape index (κ3) is 5.53. The van der Waals surface area contributed by atoms with Crippen molar-refractivity contribution in [3.8, 4) is 11.1 Å². The first-order valence-electron chi connectivity index (χ1n) is 12.1. The molecule has 1 unspecified atom stereocenters. The Morgan fingerprint density at radius 2 is 1.53 bits per heavy atom. The third-order valence-electron chi connectivity index (χ3n) is 6.50. The van der Waals surface area contributed by atoms with Crippen LogP contribution >= 0.6 is 0 Å². The van der Waals surface area contributed by atoms with Gasteiger partial charge in [-0.15, -0.1) is 0 Å². The van der Waals surface area contributed by atoms with Crippen molar-refractivity contribution in [3.63, 3.8) is 0 Å². The van der Waals surface area contributed by atoms with Crippen molar-refractivity contribution in [1.29, 1.82) is 0 Å². The standard InChI is InChI=1S/C28H40O2/c1-5-8-9-10-11-16-23(21-28(4,29-6-2)30-7-3)25-18-14-19-26-24-17-13-12-15-22(24)20-27(25)26/h12-15,17-19,23H,5-11,16,20-21H2,1-4H3. The van der Waals surface area contributed by atoms with Crippen molar-refractivity contribution < 1.29 is 9.47 Å². The summed E-state index contributed by atoms with van der Waals surface area (Å²) in [6.45, 7) is 9.89. The molecule has 0 aromatic heterocycles. The minimum absolute atomic E-state index is 0.457. The summed E-state index contributed by atoms with van der Waals surface area (Å²) in [5.41, 5.74) is 7.32. The molecule has 1 aliphatic rings. The van der Waals surface area contributed by atoms with Crippen molar-refractivity contribution in [3.05, 3.63) is 59.2 Å². The fourth-order valence-corrected chi connectivity index (χ4v) is 5.14. The van der Waals surface area contributed by atoms with Gasteiger partial charge in [-0.25, -0.2) is 0 Å². The zero-order valence-corrected chi connectivity index (χ0v) is 19.5. The molecule has 0 amide bonds. The molecule has 0 fully saturated rings. The second-order valence-corrected chi connectivity index (χ2v) is 8.81. The molecular formula is C28H40O2. The van der Waals surface area contributed by atoms with Gasteiger partial charge in [-0.2, -0.15) is 0 Å². The summed E-state index contributed by atoms with van der Waals surface area (Å²) < 4.78 is 12.3. The second kappa shape index (κ2) is 11.1. The highest BCUT2D eigenvalue weighted by Crippen LogP contribution is 2.43. The highest BCUT2D eigenvalue weighted by molar-refractivity contribution is 5.78. The van der Waals surface area contributed by atoms with Gasteiger partial charge in [-0.1, -0.05) is 81.5 Å². The van der Waals surface area contributed by atoms with Gasteiger partial charge in [0.05, 0.1) is 0 Å². The lowest BCUT2D eigenvalue weighted by Crippen LogP contribution is -2.34. The molecule has 1 aliphatic carbocycles. The van der Waals surface area contributed by atoms with Crippen molar-refractivity contribution >= 4 is 0 Å². The summed E-state index contributed by atoms with van der Waals surface area (Å²) in [6, 6.07) is 15.8. The molecule has 2 aromatic rings. The van der Waals surface area contributed by atoms with Crippen molar-refractivity contribution in [2.45, 2.75) is 90.8 Å². The van der Waals surface area contributed by atoms with Crippen LogP contribution in [0, 0.1) is 0 Å². The van der Waals surface area contributed by atoms with Crippen LogP contribution in [0.15, 0.2) is 42.5 Å². The molecule has 0 spiro atoms. The molecule has 0 aliphatic heterocycles. The minimum Gasteiger partial charge on any atom is -0.350 e. The van der Waals surface area contributed by atoms with Gasteiger partial charge in [-0.3, -0.25) is 0 Å². The van der Waals surface area contributed by atoms with Crippen LogP contribution < -0.4 is 0 Å². The van der Waals surface area contributed by atoms with E-state index in [9.17, 15) is 0 Å². The Morgan fingerprint density at radius 1 is 0.833 bits per heavy atom. The van der Waals surface area contributed by atoms with Gasteiger partial charge in [-0.05, 0) is 67.3 Å². The number of benzene rings is 2. The van der Waals surface area contributed by atoms with E-state index < -0.39 is 5.79 Å². The molecule has 2 nitrogen and oxygen atoms in total. The van der Waals surface area contributed by atoms with Crippen molar-refractivity contribution in [1.82, 2.24) is 0 Å². The van der Waals surface area contributed by atoms with E-state index in [2.05, 4.69) is 70.2 Å². The molecule has 1 atom stereocenters. The maximum absolute atomic E-state index is 6.13. The number of ether oxygens (including phenoxy) is 2. The lowest BCUT2D eigenvalue weighted by molar-refractivity contribution is -0.227. The van der Waals surface area contributed by atoms with Gasteiger partial charge in [0.25, 0.3) is 0 Å². The van der Waals surface area contributed by atoms with Crippen molar-refractivity contribution in [2.75, 3.05) is 13.2 Å². The SMILES string of the molecule is CCCCCCCC(CC(C)(OCC)OCC)c1cccc2c1Cc1ccccc1-2. The number of fused-ring (bicyclic) bond motifs is 3. The number of unbranched alkanes of at least 4 members (excludes halogenated alkanes) is 4. The predicted octanol–water partition coefficient (Wildman–Crippen LogP) is 7.88. The maximum Gasteiger partial charge on any atom is 0.166 e. The molecule has 164 valence electrons. The summed E-state index contributed by atoms with van der Waals surface area (Å²) in [5.74, 6) is -0.0647. The minimum atomic E-state index is -0.522. The van der Waals surface area contributed by atoms with E-state index in [1.54, 1.807) is 0 Å². The summed E-state index contributed by atoms with van der Waals surface area (Å²) >= 11 is 0. The Balaban J connectivity index is 1.87. The van der Waals surface area contributed by atoms with E-state index in [0.717, 1.165) is 12.8 Å². The zero-order valence-electron chi connectivity index (χ0n) is 19.5. The van der Waals surface area contributed by atoms with Gasteiger partial charge in [0, 0.05) is 19.6 Å². The van der Waals surface area contributed by atoms with Gasteiger partial charge >= 0.3 is 0 Å². The molecule has 0 saturated carbocycles. The molecule has 2 aromatic carbocycles. The van der Waals surface area contributed by atoms with Crippen LogP contribution in [0.25, 0.3) is 11.1 Å². The first-order valence-corrected chi connectivity index (χ1v) is 12.1. The monoisotopic (exact) mass is 408 g/mol. The van der Waals surface area contributed by atoms with Crippen LogP contribution in [0.5, 0.6) is 0 Å². The lowest BCUT2D eigenvalue weighted by Gasteiger charge is -2.34. The normalized spacial score (nSPS) is 13.9. The van der Waals surface area contributed by atoms with E-state index in [4.69, 9.17) is 9.47 Å². The molecule has 0 saturated heterocycles. The molecule has 2 heteroatoms. The Kier molecular flexibility index (Phi) is 8.53. The van der Waals surface area contributed by atoms with Crippen LogP contribution in [0.4, 0.5) is 0 Å². The molecule has 0 heterocycles. The topological polar surface area (TPSA) is 18.5 Å². The van der Waals surface area contributed by atoms with Crippen LogP contribution in [-0.2, 0) is 15.9 Å². The maximum atomic E-state index is 6.13. The molecule has 0 N–H and O–H groups in total. The smallest absolute Gasteiger partial charge is 0.166 e. The number of hydrogen-bond donors (Lipinski definition) is 0. The number of rotatable bonds is 13. The summed E-state index contributed by atoms with van der Waals surface area (Å²) in [6.07, 6.45) is 9.73. The Morgan fingerprint density at radius 3 is 2.27 bits per heavy atom. The summed E-state index contributed by atoms with van der Waals surface area (Å²) in [5, 5.41) is 0.